The summed E-state index contributed by atoms with van der Waals surface area (Å²) >= 11 is 0. The Kier molecular flexibility index (Phi) is 3.02. The minimum Gasteiger partial charge on any atom is -0.347 e. The summed E-state index contributed by atoms with van der Waals surface area (Å²) in [7, 11) is 0. The monoisotopic (exact) mass is 282 g/mol. The molecular formula is C18H22N2O. The first-order valence-corrected chi connectivity index (χ1v) is 8.12. The molecule has 0 N–H and O–H groups in total. The second-order valence-corrected chi connectivity index (χ2v) is 6.51. The average Bonchev–Trinajstić information content (AvgIpc) is 3.21. The Bertz CT molecular complexity index is 688. The number of fused-ring (bicyclic) bond motifs is 3. The molecule has 0 radical (unpaired) electrons. The number of hydrogen-bond donors (Lipinski definition) is 0. The van der Waals surface area contributed by atoms with E-state index in [1.54, 1.807) is 0 Å². The Morgan fingerprint density at radius 1 is 1.29 bits per heavy atom. The zero-order valence-corrected chi connectivity index (χ0v) is 12.6. The minimum absolute atomic E-state index is 0.321. The van der Waals surface area contributed by atoms with E-state index in [4.69, 9.17) is 0 Å². The molecule has 0 unspecified atom stereocenters. The molecule has 1 aromatic carbocycles. The standard InChI is InChI=1S/C18H22N2O/c1-2-19-12-14(16-5-3-4-6-17(16)19)10-18(21)20-11-13-7-8-15(20)9-13/h3-6,12-13,15H,2,7-11H2,1H3/t13-,15-/m0/s1. The molecule has 1 saturated carbocycles. The van der Waals surface area contributed by atoms with Crippen molar-refractivity contribution in [2.45, 2.75) is 45.2 Å². The van der Waals surface area contributed by atoms with Gasteiger partial charge in [-0.25, -0.2) is 0 Å². The van der Waals surface area contributed by atoms with Crippen LogP contribution in [0.15, 0.2) is 30.5 Å². The molecule has 1 aliphatic carbocycles. The molecule has 3 nitrogen and oxygen atoms in total. The molecule has 2 heterocycles. The van der Waals surface area contributed by atoms with Crippen LogP contribution in [0.2, 0.25) is 0 Å². The van der Waals surface area contributed by atoms with Gasteiger partial charge in [-0.1, -0.05) is 18.2 Å². The van der Waals surface area contributed by atoms with Crippen molar-refractivity contribution in [3.8, 4) is 0 Å². The van der Waals surface area contributed by atoms with Crippen LogP contribution in [-0.4, -0.2) is 28.0 Å². The summed E-state index contributed by atoms with van der Waals surface area (Å²) in [6.45, 7) is 4.09. The van der Waals surface area contributed by atoms with Crippen molar-refractivity contribution >= 4 is 16.8 Å². The number of rotatable bonds is 3. The van der Waals surface area contributed by atoms with Crippen LogP contribution in [0.4, 0.5) is 0 Å². The van der Waals surface area contributed by atoms with Gasteiger partial charge in [-0.15, -0.1) is 0 Å². The van der Waals surface area contributed by atoms with Gasteiger partial charge in [0.15, 0.2) is 0 Å². The van der Waals surface area contributed by atoms with Gasteiger partial charge >= 0.3 is 0 Å². The van der Waals surface area contributed by atoms with Gasteiger partial charge in [-0.05, 0) is 43.7 Å². The molecule has 4 rings (SSSR count). The van der Waals surface area contributed by atoms with Crippen molar-refractivity contribution in [2.24, 2.45) is 5.92 Å². The molecule has 1 aromatic heterocycles. The van der Waals surface area contributed by atoms with Crippen LogP contribution in [0, 0.1) is 5.92 Å². The molecule has 2 aliphatic rings. The van der Waals surface area contributed by atoms with Gasteiger partial charge in [0.25, 0.3) is 0 Å². The number of nitrogens with zero attached hydrogens (tertiary/aromatic N) is 2. The van der Waals surface area contributed by atoms with Crippen LogP contribution in [0.3, 0.4) is 0 Å². The number of likely N-dealkylation sites (tertiary alicyclic amines) is 1. The summed E-state index contributed by atoms with van der Waals surface area (Å²) in [6.07, 6.45) is 6.49. The Hall–Kier alpha value is -1.77. The van der Waals surface area contributed by atoms with E-state index in [2.05, 4.69) is 46.9 Å². The third-order valence-corrected chi connectivity index (χ3v) is 5.28. The van der Waals surface area contributed by atoms with Gasteiger partial charge in [0.1, 0.15) is 0 Å². The Labute approximate surface area is 125 Å². The third kappa shape index (κ3) is 2.06. The van der Waals surface area contributed by atoms with Crippen molar-refractivity contribution in [1.82, 2.24) is 9.47 Å². The van der Waals surface area contributed by atoms with Gasteiger partial charge < -0.3 is 9.47 Å². The second kappa shape index (κ2) is 4.90. The van der Waals surface area contributed by atoms with E-state index in [9.17, 15) is 4.79 Å². The summed E-state index contributed by atoms with van der Waals surface area (Å²) in [6, 6.07) is 8.94. The highest BCUT2D eigenvalue weighted by molar-refractivity contribution is 5.89. The predicted octanol–water partition coefficient (Wildman–Crippen LogP) is 3.21. The van der Waals surface area contributed by atoms with Crippen molar-refractivity contribution in [3.05, 3.63) is 36.0 Å². The second-order valence-electron chi connectivity index (χ2n) is 6.51. The van der Waals surface area contributed by atoms with Crippen molar-refractivity contribution in [3.63, 3.8) is 0 Å². The molecule has 3 heteroatoms. The molecule has 0 spiro atoms. The smallest absolute Gasteiger partial charge is 0.227 e. The Balaban J connectivity index is 1.61. The zero-order valence-electron chi connectivity index (χ0n) is 12.6. The molecule has 2 fully saturated rings. The number of piperidine rings is 1. The average molecular weight is 282 g/mol. The minimum atomic E-state index is 0.321. The lowest BCUT2D eigenvalue weighted by atomic mass is 10.1. The maximum absolute atomic E-state index is 12.7. The first kappa shape index (κ1) is 12.9. The summed E-state index contributed by atoms with van der Waals surface area (Å²) in [4.78, 5) is 14.8. The number of para-hydroxylation sites is 1. The lowest BCUT2D eigenvalue weighted by Crippen LogP contribution is -2.38. The van der Waals surface area contributed by atoms with E-state index in [-0.39, 0.29) is 0 Å². The predicted molar refractivity (Wildman–Crippen MR) is 84.2 cm³/mol. The normalized spacial score (nSPS) is 24.1. The molecule has 1 aliphatic heterocycles. The van der Waals surface area contributed by atoms with E-state index in [1.807, 2.05) is 0 Å². The van der Waals surface area contributed by atoms with Crippen molar-refractivity contribution in [2.75, 3.05) is 6.54 Å². The fourth-order valence-corrected chi connectivity index (χ4v) is 4.22. The van der Waals surface area contributed by atoms with E-state index < -0.39 is 0 Å². The van der Waals surface area contributed by atoms with Gasteiger partial charge in [0.2, 0.25) is 5.91 Å². The maximum atomic E-state index is 12.7. The molecule has 2 aromatic rings. The fourth-order valence-electron chi connectivity index (χ4n) is 4.22. The zero-order chi connectivity index (χ0) is 14.4. The molecule has 2 bridgehead atoms. The van der Waals surface area contributed by atoms with Gasteiger partial charge in [-0.2, -0.15) is 0 Å². The van der Waals surface area contributed by atoms with E-state index in [0.29, 0.717) is 18.4 Å². The summed E-state index contributed by atoms with van der Waals surface area (Å²) in [5.41, 5.74) is 2.42. The first-order valence-electron chi connectivity index (χ1n) is 8.12. The van der Waals surface area contributed by atoms with Crippen LogP contribution >= 0.6 is 0 Å². The molecule has 2 atom stereocenters. The Morgan fingerprint density at radius 2 is 2.14 bits per heavy atom. The number of aryl methyl sites for hydroxylation is 1. The summed E-state index contributed by atoms with van der Waals surface area (Å²) < 4.78 is 2.24. The van der Waals surface area contributed by atoms with Crippen LogP contribution in [-0.2, 0) is 17.8 Å². The largest absolute Gasteiger partial charge is 0.347 e. The highest BCUT2D eigenvalue weighted by Crippen LogP contribution is 2.37. The number of benzene rings is 1. The van der Waals surface area contributed by atoms with Crippen LogP contribution in [0.1, 0.15) is 31.7 Å². The van der Waals surface area contributed by atoms with Crippen molar-refractivity contribution in [1.29, 1.82) is 0 Å². The van der Waals surface area contributed by atoms with Crippen LogP contribution < -0.4 is 0 Å². The van der Waals surface area contributed by atoms with Gasteiger partial charge in [0.05, 0.1) is 6.42 Å². The SMILES string of the molecule is CCn1cc(CC(=O)N2C[C@H]3CC[C@H]2C3)c2ccccc21. The molecular weight excluding hydrogens is 260 g/mol. The highest BCUT2D eigenvalue weighted by atomic mass is 16.2. The Morgan fingerprint density at radius 3 is 2.86 bits per heavy atom. The topological polar surface area (TPSA) is 25.2 Å². The molecule has 1 saturated heterocycles. The maximum Gasteiger partial charge on any atom is 0.227 e. The molecule has 21 heavy (non-hydrogen) atoms. The van der Waals surface area contributed by atoms with Crippen LogP contribution in [0.5, 0.6) is 0 Å². The van der Waals surface area contributed by atoms with E-state index in [1.165, 1.54) is 35.7 Å². The highest BCUT2D eigenvalue weighted by Gasteiger charge is 2.40. The number of amides is 1. The van der Waals surface area contributed by atoms with E-state index in [0.717, 1.165) is 19.0 Å². The number of carbonyl (C=O) groups is 1. The van der Waals surface area contributed by atoms with Gasteiger partial charge in [0, 0.05) is 36.2 Å². The molecule has 110 valence electrons. The van der Waals surface area contributed by atoms with Crippen molar-refractivity contribution < 1.29 is 4.79 Å². The number of aromatic nitrogens is 1. The van der Waals surface area contributed by atoms with Crippen LogP contribution in [0.25, 0.3) is 10.9 Å². The fraction of sp³-hybridized carbons (Fsp3) is 0.500. The third-order valence-electron chi connectivity index (χ3n) is 5.28. The number of hydrogen-bond acceptors (Lipinski definition) is 1. The summed E-state index contributed by atoms with van der Waals surface area (Å²) in [5, 5.41) is 1.23. The van der Waals surface area contributed by atoms with Gasteiger partial charge in [-0.3, -0.25) is 4.79 Å². The van der Waals surface area contributed by atoms with E-state index >= 15 is 0 Å². The number of carbonyl (C=O) groups excluding carboxylic acids is 1. The lowest BCUT2D eigenvalue weighted by Gasteiger charge is -2.27. The lowest BCUT2D eigenvalue weighted by molar-refractivity contribution is -0.132. The first-order chi connectivity index (χ1) is 10.3. The summed E-state index contributed by atoms with van der Waals surface area (Å²) in [5.74, 6) is 1.09. The quantitative estimate of drug-likeness (QED) is 0.848. The molecule has 1 amide bonds.